The highest BCUT2D eigenvalue weighted by Crippen LogP contribution is 2.28. The van der Waals surface area contributed by atoms with E-state index >= 15 is 0 Å². The number of nitrogens with one attached hydrogen (secondary N) is 1. The van der Waals surface area contributed by atoms with Crippen molar-refractivity contribution in [1.82, 2.24) is 10.2 Å². The molecule has 4 rings (SSSR count). The standard InChI is InChI=1S/C23H32N2O2/c26-22(20-8-7-18-3-1-2-4-19(18)15-20)9-10-23(27)25-13-11-21(12-14-25)24-16-17-5-6-17/h7-8,15,17,21,24H,1-6,9-14,16H2. The van der Waals surface area contributed by atoms with Crippen LogP contribution >= 0.6 is 0 Å². The molecule has 0 spiro atoms. The molecule has 1 N–H and O–H groups in total. The Labute approximate surface area is 162 Å². The quantitative estimate of drug-likeness (QED) is 0.749. The van der Waals surface area contributed by atoms with Gasteiger partial charge in [0.15, 0.2) is 5.78 Å². The SMILES string of the molecule is O=C(CCC(=O)N1CCC(NCC2CC2)CC1)c1ccc2c(c1)CCCC2. The van der Waals surface area contributed by atoms with Gasteiger partial charge in [-0.2, -0.15) is 0 Å². The number of ketones is 1. The fraction of sp³-hybridized carbons (Fsp3) is 0.652. The van der Waals surface area contributed by atoms with Gasteiger partial charge >= 0.3 is 0 Å². The van der Waals surface area contributed by atoms with Crippen molar-refractivity contribution < 1.29 is 9.59 Å². The normalized spacial score (nSPS) is 20.4. The summed E-state index contributed by atoms with van der Waals surface area (Å²) in [5.74, 6) is 1.15. The topological polar surface area (TPSA) is 49.4 Å². The predicted molar refractivity (Wildman–Crippen MR) is 107 cm³/mol. The summed E-state index contributed by atoms with van der Waals surface area (Å²) in [6.07, 6.45) is 10.2. The molecule has 0 unspecified atom stereocenters. The van der Waals surface area contributed by atoms with Crippen molar-refractivity contribution in [3.63, 3.8) is 0 Å². The van der Waals surface area contributed by atoms with E-state index in [9.17, 15) is 9.59 Å². The van der Waals surface area contributed by atoms with Crippen molar-refractivity contribution >= 4 is 11.7 Å². The second-order valence-electron chi connectivity index (χ2n) is 8.62. The second kappa shape index (κ2) is 8.55. The summed E-state index contributed by atoms with van der Waals surface area (Å²) in [6.45, 7) is 2.80. The number of carbonyl (C=O) groups excluding carboxylic acids is 2. The zero-order valence-electron chi connectivity index (χ0n) is 16.3. The molecule has 1 heterocycles. The summed E-state index contributed by atoms with van der Waals surface area (Å²) < 4.78 is 0. The number of amides is 1. The minimum Gasteiger partial charge on any atom is -0.343 e. The molecule has 4 heteroatoms. The molecule has 1 amide bonds. The van der Waals surface area contributed by atoms with Gasteiger partial charge in [-0.15, -0.1) is 0 Å². The van der Waals surface area contributed by atoms with Gasteiger partial charge in [0.2, 0.25) is 5.91 Å². The Morgan fingerprint density at radius 1 is 0.963 bits per heavy atom. The van der Waals surface area contributed by atoms with Crippen molar-refractivity contribution in [3.8, 4) is 0 Å². The molecule has 2 fully saturated rings. The fourth-order valence-corrected chi connectivity index (χ4v) is 4.42. The van der Waals surface area contributed by atoms with E-state index in [0.29, 0.717) is 18.9 Å². The average molecular weight is 369 g/mol. The highest BCUT2D eigenvalue weighted by molar-refractivity contribution is 5.98. The number of rotatable bonds is 7. The third-order valence-corrected chi connectivity index (χ3v) is 6.48. The lowest BCUT2D eigenvalue weighted by molar-refractivity contribution is -0.132. The van der Waals surface area contributed by atoms with Crippen LogP contribution in [0.15, 0.2) is 18.2 Å². The van der Waals surface area contributed by atoms with E-state index in [-0.39, 0.29) is 11.7 Å². The number of piperidine rings is 1. The zero-order valence-corrected chi connectivity index (χ0v) is 16.3. The molecule has 1 aliphatic heterocycles. The molecule has 1 saturated heterocycles. The van der Waals surface area contributed by atoms with Gasteiger partial charge in [-0.25, -0.2) is 0 Å². The smallest absolute Gasteiger partial charge is 0.223 e. The number of hydrogen-bond donors (Lipinski definition) is 1. The molecule has 4 nitrogen and oxygen atoms in total. The monoisotopic (exact) mass is 368 g/mol. The van der Waals surface area contributed by atoms with Crippen LogP contribution in [0.5, 0.6) is 0 Å². The van der Waals surface area contributed by atoms with Gasteiger partial charge in [-0.1, -0.05) is 12.1 Å². The lowest BCUT2D eigenvalue weighted by Crippen LogP contribution is -2.45. The minimum absolute atomic E-state index is 0.109. The van der Waals surface area contributed by atoms with Crippen LogP contribution in [0.4, 0.5) is 0 Å². The Morgan fingerprint density at radius 3 is 2.44 bits per heavy atom. The maximum Gasteiger partial charge on any atom is 0.223 e. The second-order valence-corrected chi connectivity index (χ2v) is 8.62. The molecule has 146 valence electrons. The number of hydrogen-bond acceptors (Lipinski definition) is 3. The fourth-order valence-electron chi connectivity index (χ4n) is 4.42. The number of nitrogens with zero attached hydrogens (tertiary/aromatic N) is 1. The zero-order chi connectivity index (χ0) is 18.6. The molecule has 27 heavy (non-hydrogen) atoms. The first-order valence-electron chi connectivity index (χ1n) is 10.9. The van der Waals surface area contributed by atoms with Crippen molar-refractivity contribution in [3.05, 3.63) is 34.9 Å². The number of likely N-dealkylation sites (tertiary alicyclic amines) is 1. The minimum atomic E-state index is 0.109. The van der Waals surface area contributed by atoms with Crippen molar-refractivity contribution in [2.75, 3.05) is 19.6 Å². The molecule has 0 aromatic heterocycles. The Kier molecular flexibility index (Phi) is 5.92. The van der Waals surface area contributed by atoms with Crippen molar-refractivity contribution in [2.24, 2.45) is 5.92 Å². The van der Waals surface area contributed by atoms with Crippen LogP contribution in [0.2, 0.25) is 0 Å². The van der Waals surface area contributed by atoms with Crippen LogP contribution < -0.4 is 5.32 Å². The van der Waals surface area contributed by atoms with Gasteiger partial charge in [0, 0.05) is 37.5 Å². The van der Waals surface area contributed by atoms with Crippen LogP contribution in [-0.4, -0.2) is 42.3 Å². The van der Waals surface area contributed by atoms with Gasteiger partial charge in [-0.05, 0) is 81.0 Å². The molecular weight excluding hydrogens is 336 g/mol. The first kappa shape index (κ1) is 18.7. The van der Waals surface area contributed by atoms with Gasteiger partial charge in [-0.3, -0.25) is 9.59 Å². The van der Waals surface area contributed by atoms with Crippen molar-refractivity contribution in [1.29, 1.82) is 0 Å². The molecule has 0 atom stereocenters. The maximum absolute atomic E-state index is 12.5. The van der Waals surface area contributed by atoms with E-state index in [1.165, 1.54) is 36.8 Å². The van der Waals surface area contributed by atoms with E-state index < -0.39 is 0 Å². The molecule has 0 radical (unpaired) electrons. The lowest BCUT2D eigenvalue weighted by Gasteiger charge is -2.32. The molecule has 2 aliphatic carbocycles. The van der Waals surface area contributed by atoms with Crippen LogP contribution in [0.25, 0.3) is 0 Å². The number of Topliss-reactive ketones (excluding diaryl/α,β-unsaturated/α-hetero) is 1. The van der Waals surface area contributed by atoms with Crippen LogP contribution in [0.1, 0.15) is 72.9 Å². The van der Waals surface area contributed by atoms with Gasteiger partial charge in [0.05, 0.1) is 0 Å². The number of fused-ring (bicyclic) bond motifs is 1. The van der Waals surface area contributed by atoms with E-state index in [1.807, 2.05) is 11.0 Å². The van der Waals surface area contributed by atoms with E-state index in [0.717, 1.165) is 56.8 Å². The highest BCUT2D eigenvalue weighted by atomic mass is 16.2. The number of benzene rings is 1. The first-order chi connectivity index (χ1) is 13.2. The molecule has 3 aliphatic rings. The third kappa shape index (κ3) is 4.98. The summed E-state index contributed by atoms with van der Waals surface area (Å²) in [7, 11) is 0. The molecular formula is C23H32N2O2. The Balaban J connectivity index is 1.21. The Bertz CT molecular complexity index is 688. The van der Waals surface area contributed by atoms with E-state index in [1.54, 1.807) is 0 Å². The van der Waals surface area contributed by atoms with Gasteiger partial charge < -0.3 is 10.2 Å². The summed E-state index contributed by atoms with van der Waals surface area (Å²) in [5, 5.41) is 3.65. The first-order valence-corrected chi connectivity index (χ1v) is 10.9. The predicted octanol–water partition coefficient (Wildman–Crippen LogP) is 3.52. The average Bonchev–Trinajstić information content (AvgIpc) is 3.55. The van der Waals surface area contributed by atoms with E-state index in [4.69, 9.17) is 0 Å². The summed E-state index contributed by atoms with van der Waals surface area (Å²) in [5.41, 5.74) is 3.51. The molecule has 0 bridgehead atoms. The molecule has 1 aromatic rings. The third-order valence-electron chi connectivity index (χ3n) is 6.48. The van der Waals surface area contributed by atoms with Crippen LogP contribution in [-0.2, 0) is 17.6 Å². The lowest BCUT2D eigenvalue weighted by atomic mass is 9.89. The van der Waals surface area contributed by atoms with Gasteiger partial charge in [0.25, 0.3) is 0 Å². The largest absolute Gasteiger partial charge is 0.343 e. The molecule has 1 aromatic carbocycles. The Morgan fingerprint density at radius 2 is 1.70 bits per heavy atom. The number of carbonyl (C=O) groups is 2. The van der Waals surface area contributed by atoms with Crippen LogP contribution in [0, 0.1) is 5.92 Å². The highest BCUT2D eigenvalue weighted by Gasteiger charge is 2.26. The van der Waals surface area contributed by atoms with Crippen LogP contribution in [0.3, 0.4) is 0 Å². The summed E-state index contributed by atoms with van der Waals surface area (Å²) in [6, 6.07) is 6.70. The summed E-state index contributed by atoms with van der Waals surface area (Å²) >= 11 is 0. The van der Waals surface area contributed by atoms with Crippen molar-refractivity contribution in [2.45, 2.75) is 70.3 Å². The van der Waals surface area contributed by atoms with Gasteiger partial charge in [0.1, 0.15) is 0 Å². The maximum atomic E-state index is 12.5. The Hall–Kier alpha value is -1.68. The molecule has 1 saturated carbocycles. The van der Waals surface area contributed by atoms with E-state index in [2.05, 4.69) is 17.4 Å². The summed E-state index contributed by atoms with van der Waals surface area (Å²) in [4.78, 5) is 27.0. The number of aryl methyl sites for hydroxylation is 2.